The number of aryl methyl sites for hydroxylation is 3. The van der Waals surface area contributed by atoms with Crippen LogP contribution in [-0.4, -0.2) is 13.4 Å². The number of hydrogen-bond acceptors (Lipinski definition) is 4. The lowest BCUT2D eigenvalue weighted by molar-refractivity contribution is 0.600. The van der Waals surface area contributed by atoms with E-state index >= 15 is 0 Å². The fourth-order valence-corrected chi connectivity index (χ4v) is 4.81. The zero-order valence-corrected chi connectivity index (χ0v) is 14.2. The average Bonchev–Trinajstić information content (AvgIpc) is 2.81. The van der Waals surface area contributed by atoms with Gasteiger partial charge in [-0.25, -0.2) is 13.4 Å². The molecule has 114 valence electrons. The maximum absolute atomic E-state index is 12.6. The SMILES string of the molecule is Cc1ccc(S(=O)(=O)Nc2nc3c(C)cccc3s2)c(C)c1. The van der Waals surface area contributed by atoms with E-state index in [-0.39, 0.29) is 4.90 Å². The van der Waals surface area contributed by atoms with Gasteiger partial charge < -0.3 is 0 Å². The van der Waals surface area contributed by atoms with Crippen LogP contribution in [-0.2, 0) is 10.0 Å². The standard InChI is InChI=1S/C16H16N2O2S2/c1-10-7-8-14(12(3)9-10)22(19,20)18-16-17-15-11(2)5-4-6-13(15)21-16/h4-9H,1-3H3,(H,17,18). The average molecular weight is 332 g/mol. The van der Waals surface area contributed by atoms with E-state index in [1.165, 1.54) is 11.3 Å². The number of benzene rings is 2. The third-order valence-corrected chi connectivity index (χ3v) is 6.03. The zero-order chi connectivity index (χ0) is 15.9. The van der Waals surface area contributed by atoms with Gasteiger partial charge in [0, 0.05) is 0 Å². The number of hydrogen-bond donors (Lipinski definition) is 1. The van der Waals surface area contributed by atoms with Gasteiger partial charge in [0.1, 0.15) is 0 Å². The molecule has 0 unspecified atom stereocenters. The Morgan fingerprint density at radius 2 is 1.82 bits per heavy atom. The molecule has 6 heteroatoms. The van der Waals surface area contributed by atoms with Crippen molar-refractivity contribution < 1.29 is 8.42 Å². The summed E-state index contributed by atoms with van der Waals surface area (Å²) in [7, 11) is -3.62. The highest BCUT2D eigenvalue weighted by molar-refractivity contribution is 7.93. The zero-order valence-electron chi connectivity index (χ0n) is 12.5. The molecule has 4 nitrogen and oxygen atoms in total. The van der Waals surface area contributed by atoms with Crippen molar-refractivity contribution in [2.45, 2.75) is 25.7 Å². The molecule has 3 aromatic rings. The molecule has 0 radical (unpaired) electrons. The van der Waals surface area contributed by atoms with Crippen molar-refractivity contribution >= 4 is 36.7 Å². The molecule has 1 aromatic heterocycles. The van der Waals surface area contributed by atoms with Crippen LogP contribution in [0, 0.1) is 20.8 Å². The first-order valence-corrected chi connectivity index (χ1v) is 9.13. The molecular weight excluding hydrogens is 316 g/mol. The molecule has 0 amide bonds. The van der Waals surface area contributed by atoms with Crippen LogP contribution < -0.4 is 4.72 Å². The molecule has 1 N–H and O–H groups in total. The predicted molar refractivity (Wildman–Crippen MR) is 91.1 cm³/mol. The van der Waals surface area contributed by atoms with Gasteiger partial charge >= 0.3 is 0 Å². The van der Waals surface area contributed by atoms with E-state index in [0.717, 1.165) is 26.9 Å². The van der Waals surface area contributed by atoms with E-state index in [1.54, 1.807) is 19.1 Å². The first-order valence-electron chi connectivity index (χ1n) is 6.83. The number of sulfonamides is 1. The molecule has 3 rings (SSSR count). The molecule has 2 aromatic carbocycles. The minimum atomic E-state index is -3.62. The van der Waals surface area contributed by atoms with Gasteiger partial charge in [-0.15, -0.1) is 0 Å². The first kappa shape index (κ1) is 15.0. The van der Waals surface area contributed by atoms with Gasteiger partial charge in [0.2, 0.25) is 0 Å². The molecule has 0 aliphatic rings. The summed E-state index contributed by atoms with van der Waals surface area (Å²) in [5.41, 5.74) is 3.63. The van der Waals surface area contributed by atoms with E-state index in [4.69, 9.17) is 0 Å². The van der Waals surface area contributed by atoms with E-state index < -0.39 is 10.0 Å². The second kappa shape index (κ2) is 5.37. The van der Waals surface area contributed by atoms with Crippen molar-refractivity contribution in [2.75, 3.05) is 4.72 Å². The largest absolute Gasteiger partial charge is 0.263 e. The lowest BCUT2D eigenvalue weighted by Crippen LogP contribution is -2.14. The number of para-hydroxylation sites is 1. The van der Waals surface area contributed by atoms with Crippen molar-refractivity contribution in [3.05, 3.63) is 53.1 Å². The number of thiazole rings is 1. The van der Waals surface area contributed by atoms with Crippen molar-refractivity contribution in [3.63, 3.8) is 0 Å². The number of nitrogens with zero attached hydrogens (tertiary/aromatic N) is 1. The monoisotopic (exact) mass is 332 g/mol. The smallest absolute Gasteiger partial charge is 0.255 e. The number of anilines is 1. The molecular formula is C16H16N2O2S2. The maximum atomic E-state index is 12.6. The summed E-state index contributed by atoms with van der Waals surface area (Å²) in [5, 5.41) is 0.393. The topological polar surface area (TPSA) is 59.1 Å². The maximum Gasteiger partial charge on any atom is 0.263 e. The summed E-state index contributed by atoms with van der Waals surface area (Å²) in [5.74, 6) is 0. The predicted octanol–water partition coefficient (Wildman–Crippen LogP) is 4.02. The van der Waals surface area contributed by atoms with Gasteiger partial charge in [-0.05, 0) is 44.0 Å². The normalized spacial score (nSPS) is 11.8. The number of fused-ring (bicyclic) bond motifs is 1. The Balaban J connectivity index is 2.01. The molecule has 0 aliphatic carbocycles. The van der Waals surface area contributed by atoms with Crippen LogP contribution in [0.3, 0.4) is 0 Å². The van der Waals surface area contributed by atoms with Crippen LogP contribution in [0.5, 0.6) is 0 Å². The second-order valence-corrected chi connectivity index (χ2v) is 8.00. The highest BCUT2D eigenvalue weighted by Gasteiger charge is 2.19. The molecule has 0 saturated heterocycles. The van der Waals surface area contributed by atoms with Crippen LogP contribution >= 0.6 is 11.3 Å². The van der Waals surface area contributed by atoms with Crippen molar-refractivity contribution in [1.82, 2.24) is 4.98 Å². The molecule has 0 bridgehead atoms. The Labute approximate surface area is 133 Å². The van der Waals surface area contributed by atoms with Gasteiger partial charge in [-0.3, -0.25) is 4.72 Å². The minimum Gasteiger partial charge on any atom is -0.255 e. The Morgan fingerprint density at radius 1 is 1.05 bits per heavy atom. The van der Waals surface area contributed by atoms with E-state index in [1.807, 2.05) is 38.1 Å². The van der Waals surface area contributed by atoms with Crippen molar-refractivity contribution in [2.24, 2.45) is 0 Å². The molecule has 0 aliphatic heterocycles. The minimum absolute atomic E-state index is 0.286. The highest BCUT2D eigenvalue weighted by atomic mass is 32.2. The van der Waals surface area contributed by atoms with Crippen LogP contribution in [0.25, 0.3) is 10.2 Å². The number of aromatic nitrogens is 1. The Hall–Kier alpha value is -1.92. The summed E-state index contributed by atoms with van der Waals surface area (Å²) in [6, 6.07) is 11.1. The Morgan fingerprint density at radius 3 is 2.50 bits per heavy atom. The van der Waals surface area contributed by atoms with Crippen molar-refractivity contribution in [3.8, 4) is 0 Å². The highest BCUT2D eigenvalue weighted by Crippen LogP contribution is 2.30. The third-order valence-electron chi connectivity index (χ3n) is 3.46. The number of nitrogens with one attached hydrogen (secondary N) is 1. The van der Waals surface area contributed by atoms with Crippen molar-refractivity contribution in [1.29, 1.82) is 0 Å². The molecule has 0 saturated carbocycles. The molecule has 1 heterocycles. The summed E-state index contributed by atoms with van der Waals surface area (Å²) in [6.45, 7) is 5.70. The molecule has 0 spiro atoms. The van der Waals surface area contributed by atoms with Crippen LogP contribution in [0.2, 0.25) is 0 Å². The number of rotatable bonds is 3. The summed E-state index contributed by atoms with van der Waals surface area (Å²) >= 11 is 1.34. The molecule has 0 fully saturated rings. The lowest BCUT2D eigenvalue weighted by atomic mass is 10.2. The first-order chi connectivity index (χ1) is 10.4. The third kappa shape index (κ3) is 2.71. The van der Waals surface area contributed by atoms with Gasteiger partial charge in [-0.2, -0.15) is 0 Å². The van der Waals surface area contributed by atoms with Crippen LogP contribution in [0.4, 0.5) is 5.13 Å². The lowest BCUT2D eigenvalue weighted by Gasteiger charge is -2.08. The van der Waals surface area contributed by atoms with Crippen LogP contribution in [0.1, 0.15) is 16.7 Å². The van der Waals surface area contributed by atoms with Gasteiger partial charge in [0.25, 0.3) is 10.0 Å². The Bertz CT molecular complexity index is 959. The van der Waals surface area contributed by atoms with Crippen LogP contribution in [0.15, 0.2) is 41.3 Å². The fourth-order valence-electron chi connectivity index (χ4n) is 2.40. The summed E-state index contributed by atoms with van der Waals surface area (Å²) in [6.07, 6.45) is 0. The quantitative estimate of drug-likeness (QED) is 0.788. The van der Waals surface area contributed by atoms with E-state index in [9.17, 15) is 8.42 Å². The van der Waals surface area contributed by atoms with Gasteiger partial charge in [0.15, 0.2) is 5.13 Å². The Kier molecular flexibility index (Phi) is 3.66. The van der Waals surface area contributed by atoms with E-state index in [0.29, 0.717) is 5.13 Å². The molecule has 0 atom stereocenters. The van der Waals surface area contributed by atoms with Gasteiger partial charge in [0.05, 0.1) is 15.1 Å². The fraction of sp³-hybridized carbons (Fsp3) is 0.188. The molecule has 22 heavy (non-hydrogen) atoms. The van der Waals surface area contributed by atoms with E-state index in [2.05, 4.69) is 9.71 Å². The second-order valence-electron chi connectivity index (χ2n) is 5.32. The summed E-state index contributed by atoms with van der Waals surface area (Å²) in [4.78, 5) is 4.68. The van der Waals surface area contributed by atoms with Gasteiger partial charge in [-0.1, -0.05) is 41.2 Å². The summed E-state index contributed by atoms with van der Waals surface area (Å²) < 4.78 is 28.7.